The fourth-order valence-electron chi connectivity index (χ4n) is 5.10. The number of rotatable bonds is 5. The molecule has 1 atom stereocenters. The second-order valence-corrected chi connectivity index (χ2v) is 9.36. The van der Waals surface area contributed by atoms with Gasteiger partial charge in [-0.2, -0.15) is 5.10 Å². The molecule has 3 fully saturated rings. The molecule has 2 aromatic rings. The van der Waals surface area contributed by atoms with Gasteiger partial charge in [-0.15, -0.1) is 0 Å². The zero-order valence-corrected chi connectivity index (χ0v) is 18.1. The fourth-order valence-corrected chi connectivity index (χ4v) is 5.10. The molecule has 0 aromatic carbocycles. The van der Waals surface area contributed by atoms with Gasteiger partial charge in [0.25, 0.3) is 0 Å². The Morgan fingerprint density at radius 1 is 1.22 bits per heavy atom. The van der Waals surface area contributed by atoms with Crippen molar-refractivity contribution in [3.63, 3.8) is 0 Å². The van der Waals surface area contributed by atoms with Crippen LogP contribution in [0.5, 0.6) is 0 Å². The molecule has 1 saturated carbocycles. The first kappa shape index (κ1) is 21.3. The summed E-state index contributed by atoms with van der Waals surface area (Å²) in [5.41, 5.74) is 2.63. The van der Waals surface area contributed by atoms with Crippen molar-refractivity contribution in [2.75, 3.05) is 37.6 Å². The normalized spacial score (nSPS) is 25.2. The second kappa shape index (κ2) is 8.08. The molecule has 4 heterocycles. The molecule has 2 aromatic heterocycles. The molecule has 8 nitrogen and oxygen atoms in total. The number of alkyl halides is 2. The molecule has 0 spiro atoms. The number of imide groups is 1. The number of carbonyl (C=O) groups excluding carboxylic acids is 2. The van der Waals surface area contributed by atoms with Crippen molar-refractivity contribution in [1.29, 1.82) is 0 Å². The molecule has 2 saturated heterocycles. The summed E-state index contributed by atoms with van der Waals surface area (Å²) in [6.07, 6.45) is 3.86. The molecular formula is C22H28F2N6O2. The number of fused-ring (bicyclic) bond motifs is 1. The number of urea groups is 1. The minimum Gasteiger partial charge on any atom is -0.298 e. The van der Waals surface area contributed by atoms with Crippen molar-refractivity contribution in [3.8, 4) is 0 Å². The third-order valence-corrected chi connectivity index (χ3v) is 6.83. The maximum Gasteiger partial charge on any atom is 0.328 e. The number of halogens is 2. The number of nitrogens with one attached hydrogen (secondary N) is 1. The number of hydrogen-bond donors (Lipinski definition) is 1. The van der Waals surface area contributed by atoms with Crippen LogP contribution in [0.15, 0.2) is 24.5 Å². The van der Waals surface area contributed by atoms with E-state index in [1.165, 1.54) is 0 Å². The topological polar surface area (TPSA) is 73.2 Å². The second-order valence-electron chi connectivity index (χ2n) is 9.36. The SMILES string of the molecule is C[C@H]1CN(Cc2ccn3ncc(N4CCC(=O)NC4=O)c3c2)CCN1CC1CC(F)(F)C1. The van der Waals surface area contributed by atoms with Gasteiger partial charge in [0, 0.05) is 70.8 Å². The smallest absolute Gasteiger partial charge is 0.298 e. The minimum absolute atomic E-state index is 0.0246. The number of pyridine rings is 1. The lowest BCUT2D eigenvalue weighted by atomic mass is 9.80. The van der Waals surface area contributed by atoms with Crippen LogP contribution in [0.25, 0.3) is 5.52 Å². The number of aromatic nitrogens is 2. The van der Waals surface area contributed by atoms with E-state index in [0.29, 0.717) is 18.3 Å². The summed E-state index contributed by atoms with van der Waals surface area (Å²) in [6, 6.07) is 3.97. The van der Waals surface area contributed by atoms with E-state index in [4.69, 9.17) is 0 Å². The highest BCUT2D eigenvalue weighted by atomic mass is 19.3. The van der Waals surface area contributed by atoms with Gasteiger partial charge < -0.3 is 0 Å². The Bertz CT molecular complexity index is 1030. The summed E-state index contributed by atoms with van der Waals surface area (Å²) >= 11 is 0. The summed E-state index contributed by atoms with van der Waals surface area (Å²) in [4.78, 5) is 30.0. The highest BCUT2D eigenvalue weighted by Crippen LogP contribution is 2.43. The van der Waals surface area contributed by atoms with E-state index in [2.05, 4.69) is 27.1 Å². The van der Waals surface area contributed by atoms with Crippen LogP contribution in [0.4, 0.5) is 19.3 Å². The van der Waals surface area contributed by atoms with Crippen LogP contribution in [-0.2, 0) is 11.3 Å². The van der Waals surface area contributed by atoms with Crippen LogP contribution in [0, 0.1) is 5.92 Å². The van der Waals surface area contributed by atoms with E-state index in [1.54, 1.807) is 15.6 Å². The molecule has 1 N–H and O–H groups in total. The van der Waals surface area contributed by atoms with Crippen molar-refractivity contribution < 1.29 is 18.4 Å². The molecule has 1 aliphatic carbocycles. The lowest BCUT2D eigenvalue weighted by Crippen LogP contribution is -2.54. The standard InChI is InChI=1S/C22H28F2N6O2/c1-15-12-27(6-7-28(15)14-17-9-22(23,24)10-17)13-16-2-5-30-18(8-16)19(11-25-30)29-4-3-20(31)26-21(29)32/h2,5,8,11,15,17H,3-4,6-7,9-10,12-14H2,1H3,(H,26,31,32)/t15-/m0/s1. The zero-order chi connectivity index (χ0) is 22.5. The van der Waals surface area contributed by atoms with Gasteiger partial charge >= 0.3 is 6.03 Å². The van der Waals surface area contributed by atoms with Gasteiger partial charge in [0.1, 0.15) is 0 Å². The average Bonchev–Trinajstić information content (AvgIpc) is 3.12. The third kappa shape index (κ3) is 4.21. The van der Waals surface area contributed by atoms with Gasteiger partial charge in [-0.3, -0.25) is 24.8 Å². The molecule has 32 heavy (non-hydrogen) atoms. The van der Waals surface area contributed by atoms with Crippen LogP contribution >= 0.6 is 0 Å². The largest absolute Gasteiger partial charge is 0.328 e. The quantitative estimate of drug-likeness (QED) is 0.763. The first-order valence-corrected chi connectivity index (χ1v) is 11.2. The van der Waals surface area contributed by atoms with Gasteiger partial charge in [-0.25, -0.2) is 18.1 Å². The first-order chi connectivity index (χ1) is 15.3. The molecule has 5 rings (SSSR count). The first-order valence-electron chi connectivity index (χ1n) is 11.2. The Morgan fingerprint density at radius 2 is 2.03 bits per heavy atom. The maximum atomic E-state index is 13.1. The molecule has 0 unspecified atom stereocenters. The fraction of sp³-hybridized carbons (Fsp3) is 0.591. The Balaban J connectivity index is 1.23. The van der Waals surface area contributed by atoms with Crippen molar-refractivity contribution >= 4 is 23.1 Å². The van der Waals surface area contributed by atoms with Crippen LogP contribution in [-0.4, -0.2) is 76.0 Å². The Hall–Kier alpha value is -2.59. The number of nitrogens with zero attached hydrogens (tertiary/aromatic N) is 5. The van der Waals surface area contributed by atoms with E-state index in [9.17, 15) is 18.4 Å². The molecule has 172 valence electrons. The lowest BCUT2D eigenvalue weighted by Gasteiger charge is -2.44. The van der Waals surface area contributed by atoms with Gasteiger partial charge in [0.15, 0.2) is 0 Å². The van der Waals surface area contributed by atoms with E-state index in [0.717, 1.165) is 43.8 Å². The van der Waals surface area contributed by atoms with Crippen LogP contribution in [0.1, 0.15) is 31.7 Å². The molecule has 0 radical (unpaired) electrons. The summed E-state index contributed by atoms with van der Waals surface area (Å²) in [5.74, 6) is -2.60. The monoisotopic (exact) mass is 446 g/mol. The molecular weight excluding hydrogens is 418 g/mol. The van der Waals surface area contributed by atoms with Crippen LogP contribution in [0.2, 0.25) is 0 Å². The van der Waals surface area contributed by atoms with Gasteiger partial charge in [0.2, 0.25) is 11.8 Å². The van der Waals surface area contributed by atoms with Crippen LogP contribution < -0.4 is 10.2 Å². The molecule has 10 heteroatoms. The highest BCUT2D eigenvalue weighted by Gasteiger charge is 2.46. The summed E-state index contributed by atoms with van der Waals surface area (Å²) in [7, 11) is 0. The number of hydrogen-bond acceptors (Lipinski definition) is 5. The minimum atomic E-state index is -2.45. The van der Waals surface area contributed by atoms with E-state index in [1.807, 2.05) is 18.3 Å². The third-order valence-electron chi connectivity index (χ3n) is 6.83. The van der Waals surface area contributed by atoms with Gasteiger partial charge in [-0.05, 0) is 30.5 Å². The number of amides is 3. The zero-order valence-electron chi connectivity index (χ0n) is 18.1. The van der Waals surface area contributed by atoms with E-state index >= 15 is 0 Å². The molecule has 0 bridgehead atoms. The molecule has 2 aliphatic heterocycles. The van der Waals surface area contributed by atoms with Crippen molar-refractivity contribution in [2.24, 2.45) is 5.92 Å². The van der Waals surface area contributed by atoms with Crippen molar-refractivity contribution in [1.82, 2.24) is 24.7 Å². The lowest BCUT2D eigenvalue weighted by molar-refractivity contribution is -0.121. The van der Waals surface area contributed by atoms with Crippen molar-refractivity contribution in [2.45, 2.75) is 44.7 Å². The highest BCUT2D eigenvalue weighted by molar-refractivity contribution is 6.07. The number of anilines is 1. The summed E-state index contributed by atoms with van der Waals surface area (Å²) in [6.45, 7) is 6.69. The summed E-state index contributed by atoms with van der Waals surface area (Å²) < 4.78 is 28.0. The van der Waals surface area contributed by atoms with Gasteiger partial charge in [0.05, 0.1) is 17.4 Å². The predicted octanol–water partition coefficient (Wildman–Crippen LogP) is 2.33. The number of piperazine rings is 1. The number of carbonyl (C=O) groups is 2. The predicted molar refractivity (Wildman–Crippen MR) is 115 cm³/mol. The van der Waals surface area contributed by atoms with Gasteiger partial charge in [-0.1, -0.05) is 0 Å². The maximum absolute atomic E-state index is 13.1. The van der Waals surface area contributed by atoms with Crippen LogP contribution in [0.3, 0.4) is 0 Å². The van der Waals surface area contributed by atoms with Crippen molar-refractivity contribution in [3.05, 3.63) is 30.1 Å². The Morgan fingerprint density at radius 3 is 2.75 bits per heavy atom. The Labute approximate surface area is 185 Å². The molecule has 3 amide bonds. The average molecular weight is 447 g/mol. The van der Waals surface area contributed by atoms with E-state index in [-0.39, 0.29) is 31.1 Å². The Kier molecular flexibility index (Phi) is 5.37. The molecule has 3 aliphatic rings. The summed E-state index contributed by atoms with van der Waals surface area (Å²) in [5, 5.41) is 6.70. The van der Waals surface area contributed by atoms with E-state index < -0.39 is 12.0 Å².